The summed E-state index contributed by atoms with van der Waals surface area (Å²) in [6, 6.07) is 17.7. The van der Waals surface area contributed by atoms with Gasteiger partial charge in [0, 0.05) is 23.3 Å². The van der Waals surface area contributed by atoms with Crippen molar-refractivity contribution in [3.63, 3.8) is 0 Å². The Hall–Kier alpha value is -3.58. The molecule has 3 heterocycles. The number of phenols is 1. The third kappa shape index (κ3) is 3.68. The number of rotatable bonds is 5. The predicted octanol–water partition coefficient (Wildman–Crippen LogP) is 4.21. The van der Waals surface area contributed by atoms with Gasteiger partial charge in [-0.15, -0.1) is 11.3 Å². The molecule has 1 unspecified atom stereocenters. The number of aromatic hydroxyl groups is 1. The van der Waals surface area contributed by atoms with Crippen LogP contribution in [0.15, 0.2) is 72.2 Å². The van der Waals surface area contributed by atoms with Crippen molar-refractivity contribution in [3.8, 4) is 17.0 Å². The molecule has 7 heteroatoms. The lowest BCUT2D eigenvalue weighted by Gasteiger charge is -2.08. The minimum atomic E-state index is -0.755. The van der Waals surface area contributed by atoms with E-state index < -0.39 is 17.6 Å². The van der Waals surface area contributed by atoms with Crippen LogP contribution in [0.4, 0.5) is 10.2 Å². The van der Waals surface area contributed by atoms with E-state index in [-0.39, 0.29) is 11.5 Å². The molecule has 5 rings (SSSR count). The molecule has 1 atom stereocenters. The van der Waals surface area contributed by atoms with Crippen LogP contribution in [0.2, 0.25) is 0 Å². The van der Waals surface area contributed by atoms with Crippen molar-refractivity contribution in [2.45, 2.75) is 18.9 Å². The van der Waals surface area contributed by atoms with Gasteiger partial charge in [-0.05, 0) is 29.1 Å². The Morgan fingerprint density at radius 1 is 1.10 bits per heavy atom. The van der Waals surface area contributed by atoms with E-state index in [1.165, 1.54) is 10.6 Å². The molecule has 154 valence electrons. The number of anilines is 1. The van der Waals surface area contributed by atoms with E-state index in [1.54, 1.807) is 29.7 Å². The average molecular weight is 433 g/mol. The summed E-state index contributed by atoms with van der Waals surface area (Å²) in [7, 11) is 0. The van der Waals surface area contributed by atoms with Crippen LogP contribution in [0, 0.1) is 5.82 Å². The van der Waals surface area contributed by atoms with Gasteiger partial charge in [0.05, 0.1) is 0 Å². The van der Waals surface area contributed by atoms with E-state index in [4.69, 9.17) is 4.98 Å². The van der Waals surface area contributed by atoms with E-state index in [2.05, 4.69) is 5.32 Å². The smallest absolute Gasteiger partial charge is 0.359 e. The second-order valence-electron chi connectivity index (χ2n) is 7.41. The van der Waals surface area contributed by atoms with Crippen LogP contribution < -0.4 is 9.88 Å². The lowest BCUT2D eigenvalue weighted by molar-refractivity contribution is -0.552. The molecule has 5 nitrogen and oxygen atoms in total. The van der Waals surface area contributed by atoms with Crippen LogP contribution in [0.5, 0.6) is 5.75 Å². The van der Waals surface area contributed by atoms with Crippen LogP contribution in [0.1, 0.15) is 20.9 Å². The largest absolute Gasteiger partial charge is 0.505 e. The van der Waals surface area contributed by atoms with Crippen LogP contribution in [-0.4, -0.2) is 22.0 Å². The van der Waals surface area contributed by atoms with E-state index >= 15 is 0 Å². The summed E-state index contributed by atoms with van der Waals surface area (Å²) in [5, 5.41) is 15.1. The molecule has 0 saturated heterocycles. The Morgan fingerprint density at radius 2 is 1.94 bits per heavy atom. The number of nitrogens with zero attached hydrogens (tertiary/aromatic N) is 2. The summed E-state index contributed by atoms with van der Waals surface area (Å²) in [6.45, 7) is 0. The lowest BCUT2D eigenvalue weighted by atomic mass is 10.1. The van der Waals surface area contributed by atoms with Gasteiger partial charge in [-0.1, -0.05) is 42.5 Å². The van der Waals surface area contributed by atoms with Crippen molar-refractivity contribution >= 4 is 23.1 Å². The molecule has 2 aromatic carbocycles. The highest BCUT2D eigenvalue weighted by molar-refractivity contribution is 7.09. The zero-order valence-corrected chi connectivity index (χ0v) is 17.3. The third-order valence-corrected chi connectivity index (χ3v) is 6.22. The van der Waals surface area contributed by atoms with E-state index in [9.17, 15) is 14.3 Å². The first kappa shape index (κ1) is 19.4. The number of hydrogen-bond acceptors (Lipinski definition) is 5. The fourth-order valence-corrected chi connectivity index (χ4v) is 4.55. The number of thiophene rings is 1. The molecule has 4 aromatic rings. The predicted molar refractivity (Wildman–Crippen MR) is 117 cm³/mol. The number of phenolic OH excluding ortho intramolecular Hbond substituents is 1. The van der Waals surface area contributed by atoms with Crippen molar-refractivity contribution in [3.05, 3.63) is 94.2 Å². The van der Waals surface area contributed by atoms with Crippen molar-refractivity contribution < 1.29 is 18.9 Å². The Balaban J connectivity index is 1.60. The van der Waals surface area contributed by atoms with Gasteiger partial charge >= 0.3 is 11.7 Å². The highest BCUT2D eigenvalue weighted by atomic mass is 32.1. The Morgan fingerprint density at radius 3 is 2.71 bits per heavy atom. The van der Waals surface area contributed by atoms with Gasteiger partial charge in [0.1, 0.15) is 17.6 Å². The van der Waals surface area contributed by atoms with Crippen LogP contribution in [0.3, 0.4) is 0 Å². The molecule has 0 amide bonds. The van der Waals surface area contributed by atoms with E-state index in [1.807, 2.05) is 47.8 Å². The zero-order chi connectivity index (χ0) is 21.4. The van der Waals surface area contributed by atoms with Gasteiger partial charge in [-0.2, -0.15) is 4.57 Å². The maximum Gasteiger partial charge on any atom is 0.359 e. The SMILES string of the molecule is O=C1C(Cc2cccs2)Nc2c(Cc3ccccc3)nc(-c3cccc(O)c3F)c[n+]21. The maximum absolute atomic E-state index is 14.6. The van der Waals surface area contributed by atoms with Gasteiger partial charge in [0.15, 0.2) is 17.6 Å². The summed E-state index contributed by atoms with van der Waals surface area (Å²) in [5.41, 5.74) is 2.13. The highest BCUT2D eigenvalue weighted by Crippen LogP contribution is 2.29. The Labute approximate surface area is 182 Å². The number of halogens is 1. The van der Waals surface area contributed by atoms with Crippen LogP contribution >= 0.6 is 11.3 Å². The van der Waals surface area contributed by atoms with Gasteiger partial charge in [-0.25, -0.2) is 14.2 Å². The summed E-state index contributed by atoms with van der Waals surface area (Å²) in [4.78, 5) is 19.0. The fourth-order valence-electron chi connectivity index (χ4n) is 3.80. The highest BCUT2D eigenvalue weighted by Gasteiger charge is 2.41. The topological polar surface area (TPSA) is 66.1 Å². The summed E-state index contributed by atoms with van der Waals surface area (Å²) >= 11 is 1.61. The summed E-state index contributed by atoms with van der Waals surface area (Å²) in [5.74, 6) is -0.689. The molecule has 0 fully saturated rings. The first-order chi connectivity index (χ1) is 15.1. The first-order valence-corrected chi connectivity index (χ1v) is 10.8. The molecule has 2 N–H and O–H groups in total. The molecule has 0 aliphatic carbocycles. The Kier molecular flexibility index (Phi) is 4.95. The number of aromatic nitrogens is 2. The second-order valence-corrected chi connectivity index (χ2v) is 8.44. The third-order valence-electron chi connectivity index (χ3n) is 5.32. The summed E-state index contributed by atoms with van der Waals surface area (Å²) in [6.07, 6.45) is 2.60. The quantitative estimate of drug-likeness (QED) is 0.464. The summed E-state index contributed by atoms with van der Waals surface area (Å²) < 4.78 is 16.2. The van der Waals surface area contributed by atoms with Gasteiger partial charge in [-0.3, -0.25) is 5.32 Å². The second kappa shape index (κ2) is 7.92. The number of fused-ring (bicyclic) bond motifs is 1. The van der Waals surface area contributed by atoms with Crippen LogP contribution in [-0.2, 0) is 12.8 Å². The lowest BCUT2D eigenvalue weighted by Crippen LogP contribution is -2.44. The van der Waals surface area contributed by atoms with Gasteiger partial charge in [0.2, 0.25) is 0 Å². The molecule has 1 aliphatic heterocycles. The Bertz CT molecular complexity index is 1260. The first-order valence-electron chi connectivity index (χ1n) is 9.90. The molecular weight excluding hydrogens is 413 g/mol. The average Bonchev–Trinajstić information content (AvgIpc) is 3.40. The van der Waals surface area contributed by atoms with Crippen molar-refractivity contribution in [2.24, 2.45) is 0 Å². The molecule has 0 spiro atoms. The molecule has 0 saturated carbocycles. The molecular formula is C24H19FN3O2S+. The van der Waals surface area contributed by atoms with Gasteiger partial charge in [0.25, 0.3) is 0 Å². The number of hydrogen-bond donors (Lipinski definition) is 2. The molecule has 0 bridgehead atoms. The molecule has 0 radical (unpaired) electrons. The molecule has 2 aromatic heterocycles. The molecule has 31 heavy (non-hydrogen) atoms. The normalized spacial score (nSPS) is 15.0. The standard InChI is InChI=1S/C24H18FN3O2S/c25-22-17(9-4-10-21(22)29)20-14-28-23(18(26-20)12-15-6-2-1-3-7-15)27-19(24(28)30)13-16-8-5-11-31-16/h1-11,14,19,29H,12-13H2/p+1. The fraction of sp³-hybridized carbons (Fsp3) is 0.125. The minimum Gasteiger partial charge on any atom is -0.505 e. The minimum absolute atomic E-state index is 0.109. The van der Waals surface area contributed by atoms with Crippen LogP contribution in [0.25, 0.3) is 11.3 Å². The van der Waals surface area contributed by atoms with E-state index in [0.29, 0.717) is 30.0 Å². The zero-order valence-electron chi connectivity index (χ0n) is 16.5. The number of nitrogens with one attached hydrogen (secondary N) is 1. The maximum atomic E-state index is 14.6. The van der Waals surface area contributed by atoms with Crippen molar-refractivity contribution in [1.82, 2.24) is 4.98 Å². The van der Waals surface area contributed by atoms with Crippen molar-refractivity contribution in [2.75, 3.05) is 5.32 Å². The van der Waals surface area contributed by atoms with Gasteiger partial charge < -0.3 is 5.11 Å². The number of benzene rings is 2. The monoisotopic (exact) mass is 432 g/mol. The number of carbonyl (C=O) groups is 1. The molecule has 1 aliphatic rings. The van der Waals surface area contributed by atoms with Crippen molar-refractivity contribution in [1.29, 1.82) is 0 Å². The number of carbonyl (C=O) groups excluding carboxylic acids is 1. The van der Waals surface area contributed by atoms with E-state index in [0.717, 1.165) is 10.4 Å².